The zero-order valence-electron chi connectivity index (χ0n) is 11.7. The summed E-state index contributed by atoms with van der Waals surface area (Å²) >= 11 is 4.81. The number of halogens is 2. The number of aryl methyl sites for hydroxylation is 1. The molecule has 108 valence electrons. The molecule has 0 bridgehead atoms. The molecule has 0 aliphatic carbocycles. The van der Waals surface area contributed by atoms with E-state index in [-0.39, 0.29) is 5.82 Å². The van der Waals surface area contributed by atoms with E-state index in [0.29, 0.717) is 10.0 Å². The Labute approximate surface area is 136 Å². The summed E-state index contributed by atoms with van der Waals surface area (Å²) in [6.07, 6.45) is 0. The molecule has 5 heteroatoms. The van der Waals surface area contributed by atoms with Gasteiger partial charge in [-0.3, -0.25) is 0 Å². The fraction of sp³-hybridized carbons (Fsp3) is 0.188. The van der Waals surface area contributed by atoms with Crippen molar-refractivity contribution in [3.8, 4) is 6.07 Å². The first-order valence-electron chi connectivity index (χ1n) is 6.45. The molecule has 1 N–H and O–H groups in total. The molecule has 0 saturated heterocycles. The fourth-order valence-corrected chi connectivity index (χ4v) is 3.08. The third-order valence-corrected chi connectivity index (χ3v) is 4.52. The van der Waals surface area contributed by atoms with E-state index in [1.54, 1.807) is 17.8 Å². The highest BCUT2D eigenvalue weighted by Crippen LogP contribution is 2.32. The van der Waals surface area contributed by atoms with Crippen molar-refractivity contribution in [2.24, 2.45) is 0 Å². The average molecular weight is 365 g/mol. The van der Waals surface area contributed by atoms with Crippen LogP contribution in [0.1, 0.15) is 18.1 Å². The van der Waals surface area contributed by atoms with Crippen molar-refractivity contribution in [2.45, 2.75) is 18.7 Å². The zero-order valence-corrected chi connectivity index (χ0v) is 14.1. The lowest BCUT2D eigenvalue weighted by molar-refractivity contribution is 0.620. The third-order valence-electron chi connectivity index (χ3n) is 2.97. The lowest BCUT2D eigenvalue weighted by Crippen LogP contribution is -1.98. The van der Waals surface area contributed by atoms with Crippen molar-refractivity contribution >= 4 is 39.1 Å². The van der Waals surface area contributed by atoms with Gasteiger partial charge in [0.15, 0.2) is 0 Å². The second-order valence-corrected chi connectivity index (χ2v) is 6.59. The summed E-state index contributed by atoms with van der Waals surface area (Å²) < 4.78 is 13.9. The molecule has 21 heavy (non-hydrogen) atoms. The van der Waals surface area contributed by atoms with Gasteiger partial charge in [-0.05, 0) is 58.4 Å². The smallest absolute Gasteiger partial charge is 0.137 e. The van der Waals surface area contributed by atoms with Crippen LogP contribution in [0.15, 0.2) is 39.7 Å². The molecule has 0 aromatic heterocycles. The molecule has 0 fully saturated rings. The van der Waals surface area contributed by atoms with Crippen LogP contribution in [0.2, 0.25) is 0 Å². The predicted octanol–water partition coefficient (Wildman–Crippen LogP) is 5.62. The zero-order chi connectivity index (χ0) is 15.4. The van der Waals surface area contributed by atoms with Crippen molar-refractivity contribution in [2.75, 3.05) is 11.1 Å². The number of hydrogen-bond acceptors (Lipinski definition) is 3. The predicted molar refractivity (Wildman–Crippen MR) is 89.7 cm³/mol. The maximum atomic E-state index is 13.5. The first-order valence-corrected chi connectivity index (χ1v) is 8.23. The third kappa shape index (κ3) is 3.58. The minimum absolute atomic E-state index is 0.297. The van der Waals surface area contributed by atoms with Crippen molar-refractivity contribution in [1.29, 1.82) is 5.26 Å². The lowest BCUT2D eigenvalue weighted by Gasteiger charge is -2.13. The Balaban J connectivity index is 2.43. The summed E-state index contributed by atoms with van der Waals surface area (Å²) in [5.74, 6) is 0.605. The van der Waals surface area contributed by atoms with Gasteiger partial charge in [-0.15, -0.1) is 11.8 Å². The summed E-state index contributed by atoms with van der Waals surface area (Å²) in [7, 11) is 0. The van der Waals surface area contributed by atoms with Gasteiger partial charge in [0.1, 0.15) is 11.9 Å². The summed E-state index contributed by atoms with van der Waals surface area (Å²) in [6.45, 7) is 3.88. The van der Waals surface area contributed by atoms with E-state index in [1.165, 1.54) is 6.07 Å². The van der Waals surface area contributed by atoms with Crippen LogP contribution in [-0.2, 0) is 0 Å². The molecule has 0 atom stereocenters. The number of hydrogen-bond donors (Lipinski definition) is 1. The number of rotatable bonds is 4. The van der Waals surface area contributed by atoms with E-state index < -0.39 is 0 Å². The Hall–Kier alpha value is -1.51. The highest BCUT2D eigenvalue weighted by molar-refractivity contribution is 9.10. The number of nitrogens with zero attached hydrogens (tertiary/aromatic N) is 1. The number of nitrogens with one attached hydrogen (secondary N) is 1. The molecule has 0 saturated carbocycles. The van der Waals surface area contributed by atoms with Crippen molar-refractivity contribution in [3.63, 3.8) is 0 Å². The van der Waals surface area contributed by atoms with E-state index in [9.17, 15) is 9.65 Å². The molecule has 0 radical (unpaired) electrons. The van der Waals surface area contributed by atoms with Crippen LogP contribution in [0.3, 0.4) is 0 Å². The van der Waals surface area contributed by atoms with E-state index in [1.807, 2.05) is 32.0 Å². The van der Waals surface area contributed by atoms with Gasteiger partial charge in [0.05, 0.1) is 15.7 Å². The second-order valence-electron chi connectivity index (χ2n) is 4.43. The number of nitriles is 1. The normalized spacial score (nSPS) is 10.2. The minimum atomic E-state index is -0.297. The monoisotopic (exact) mass is 364 g/mol. The van der Waals surface area contributed by atoms with Crippen LogP contribution < -0.4 is 5.32 Å². The van der Waals surface area contributed by atoms with E-state index in [4.69, 9.17) is 0 Å². The van der Waals surface area contributed by atoms with Crippen LogP contribution in [0.25, 0.3) is 0 Å². The van der Waals surface area contributed by atoms with Gasteiger partial charge < -0.3 is 5.32 Å². The molecule has 2 aromatic carbocycles. The highest BCUT2D eigenvalue weighted by Gasteiger charge is 2.11. The molecular weight excluding hydrogens is 351 g/mol. The molecule has 2 rings (SSSR count). The van der Waals surface area contributed by atoms with E-state index in [2.05, 4.69) is 27.3 Å². The Morgan fingerprint density at radius 3 is 2.76 bits per heavy atom. The fourth-order valence-electron chi connectivity index (χ4n) is 1.95. The molecular formula is C16H14BrFN2S. The summed E-state index contributed by atoms with van der Waals surface area (Å²) in [5, 5.41) is 12.6. The standard InChI is InChI=1S/C16H14BrFN2S/c1-3-21-16-6-4-5-14(11(16)9-19)20-15-8-12(17)13(18)7-10(15)2/h4-8,20H,3H2,1-2H3. The van der Waals surface area contributed by atoms with Crippen molar-refractivity contribution in [1.82, 2.24) is 0 Å². The molecule has 2 aromatic rings. The Morgan fingerprint density at radius 2 is 2.10 bits per heavy atom. The molecule has 0 spiro atoms. The molecule has 0 unspecified atom stereocenters. The Kier molecular flexibility index (Phi) is 5.27. The molecule has 0 aliphatic rings. The van der Waals surface area contributed by atoms with Gasteiger partial charge in [0.25, 0.3) is 0 Å². The maximum absolute atomic E-state index is 13.5. The van der Waals surface area contributed by atoms with E-state index >= 15 is 0 Å². The van der Waals surface area contributed by atoms with Gasteiger partial charge in [0, 0.05) is 10.6 Å². The van der Waals surface area contributed by atoms with E-state index in [0.717, 1.165) is 27.6 Å². The largest absolute Gasteiger partial charge is 0.354 e. The SMILES string of the molecule is CCSc1cccc(Nc2cc(Br)c(F)cc2C)c1C#N. The minimum Gasteiger partial charge on any atom is -0.354 e. The Bertz CT molecular complexity index is 710. The first kappa shape index (κ1) is 15.9. The van der Waals surface area contributed by atoms with Gasteiger partial charge in [-0.1, -0.05) is 13.0 Å². The molecule has 0 aliphatic heterocycles. The first-order chi connectivity index (χ1) is 10.1. The van der Waals surface area contributed by atoms with Crippen molar-refractivity contribution in [3.05, 3.63) is 51.7 Å². The Morgan fingerprint density at radius 1 is 1.33 bits per heavy atom. The highest BCUT2D eigenvalue weighted by atomic mass is 79.9. The van der Waals surface area contributed by atoms with Gasteiger partial charge in [-0.25, -0.2) is 4.39 Å². The van der Waals surface area contributed by atoms with Crippen LogP contribution >= 0.6 is 27.7 Å². The maximum Gasteiger partial charge on any atom is 0.137 e. The second kappa shape index (κ2) is 6.97. The average Bonchev–Trinajstić information content (AvgIpc) is 2.45. The van der Waals surface area contributed by atoms with Crippen LogP contribution in [0, 0.1) is 24.1 Å². The van der Waals surface area contributed by atoms with Gasteiger partial charge in [0.2, 0.25) is 0 Å². The summed E-state index contributed by atoms with van der Waals surface area (Å²) in [6, 6.07) is 11.1. The number of anilines is 2. The van der Waals surface area contributed by atoms with Gasteiger partial charge in [-0.2, -0.15) is 5.26 Å². The summed E-state index contributed by atoms with van der Waals surface area (Å²) in [5.41, 5.74) is 2.91. The quantitative estimate of drug-likeness (QED) is 0.714. The lowest BCUT2D eigenvalue weighted by atomic mass is 10.1. The van der Waals surface area contributed by atoms with Crippen LogP contribution in [-0.4, -0.2) is 5.75 Å². The van der Waals surface area contributed by atoms with Crippen molar-refractivity contribution < 1.29 is 4.39 Å². The summed E-state index contributed by atoms with van der Waals surface area (Å²) in [4.78, 5) is 0.948. The molecule has 0 amide bonds. The van der Waals surface area contributed by atoms with Crippen LogP contribution in [0.4, 0.5) is 15.8 Å². The number of benzene rings is 2. The van der Waals surface area contributed by atoms with Crippen LogP contribution in [0.5, 0.6) is 0 Å². The molecule has 0 heterocycles. The molecule has 2 nitrogen and oxygen atoms in total. The number of thioether (sulfide) groups is 1. The van der Waals surface area contributed by atoms with Gasteiger partial charge >= 0.3 is 0 Å². The topological polar surface area (TPSA) is 35.8 Å².